The predicted molar refractivity (Wildman–Crippen MR) is 64.3 cm³/mol. The highest BCUT2D eigenvalue weighted by Gasteiger charge is 2.28. The topological polar surface area (TPSA) is 50.4 Å². The summed E-state index contributed by atoms with van der Waals surface area (Å²) in [6, 6.07) is 0. The minimum Gasteiger partial charge on any atom is -0.385 e. The van der Waals surface area contributed by atoms with Gasteiger partial charge in [0.15, 0.2) is 0 Å². The lowest BCUT2D eigenvalue weighted by Gasteiger charge is -2.13. The Hall–Kier alpha value is -0.610. The molecule has 0 aromatic heterocycles. The van der Waals surface area contributed by atoms with Crippen molar-refractivity contribution in [2.24, 2.45) is 11.8 Å². The molecule has 1 amide bonds. The van der Waals surface area contributed by atoms with Crippen LogP contribution < -0.4 is 10.6 Å². The van der Waals surface area contributed by atoms with E-state index in [1.54, 1.807) is 7.11 Å². The molecule has 0 aromatic carbocycles. The van der Waals surface area contributed by atoms with Crippen LogP contribution in [0.15, 0.2) is 0 Å². The first-order valence-electron chi connectivity index (χ1n) is 6.23. The van der Waals surface area contributed by atoms with Gasteiger partial charge in [-0.05, 0) is 31.7 Å². The van der Waals surface area contributed by atoms with Crippen molar-refractivity contribution in [1.82, 2.24) is 10.6 Å². The molecule has 1 saturated heterocycles. The maximum Gasteiger partial charge on any atom is 0.224 e. The SMILES string of the molecule is COCCCCCNC(=O)[C@@H]1CNC[C@H]1C. The molecule has 1 fully saturated rings. The van der Waals surface area contributed by atoms with E-state index in [1.165, 1.54) is 0 Å². The van der Waals surface area contributed by atoms with Crippen molar-refractivity contribution in [3.8, 4) is 0 Å². The van der Waals surface area contributed by atoms with Crippen LogP contribution in [0.3, 0.4) is 0 Å². The summed E-state index contributed by atoms with van der Waals surface area (Å²) in [5.74, 6) is 0.844. The monoisotopic (exact) mass is 228 g/mol. The molecule has 0 aromatic rings. The number of carbonyl (C=O) groups is 1. The standard InChI is InChI=1S/C12H24N2O2/c1-10-8-13-9-11(10)12(15)14-6-4-3-5-7-16-2/h10-11,13H,3-9H2,1-2H3,(H,14,15)/t10-,11-/m1/s1. The van der Waals surface area contributed by atoms with Gasteiger partial charge in [-0.1, -0.05) is 6.92 Å². The summed E-state index contributed by atoms with van der Waals surface area (Å²) >= 11 is 0. The number of hydrogen-bond donors (Lipinski definition) is 2. The molecule has 1 aliphatic rings. The minimum atomic E-state index is 0.166. The Balaban J connectivity index is 2.02. The van der Waals surface area contributed by atoms with Crippen LogP contribution in [0.25, 0.3) is 0 Å². The summed E-state index contributed by atoms with van der Waals surface area (Å²) in [5, 5.41) is 6.26. The molecular weight excluding hydrogens is 204 g/mol. The number of unbranched alkanes of at least 4 members (excludes halogenated alkanes) is 2. The van der Waals surface area contributed by atoms with E-state index in [9.17, 15) is 4.79 Å². The Morgan fingerprint density at radius 2 is 2.19 bits per heavy atom. The molecule has 2 N–H and O–H groups in total. The molecule has 16 heavy (non-hydrogen) atoms. The van der Waals surface area contributed by atoms with Gasteiger partial charge >= 0.3 is 0 Å². The van der Waals surface area contributed by atoms with Crippen LogP contribution in [0, 0.1) is 11.8 Å². The van der Waals surface area contributed by atoms with Crippen molar-refractivity contribution < 1.29 is 9.53 Å². The fourth-order valence-corrected chi connectivity index (χ4v) is 2.05. The average molecular weight is 228 g/mol. The zero-order valence-corrected chi connectivity index (χ0v) is 10.4. The smallest absolute Gasteiger partial charge is 0.224 e. The Labute approximate surface area is 98.1 Å². The first-order valence-corrected chi connectivity index (χ1v) is 6.23. The number of hydrogen-bond acceptors (Lipinski definition) is 3. The van der Waals surface area contributed by atoms with E-state index in [0.717, 1.165) is 45.5 Å². The third-order valence-electron chi connectivity index (χ3n) is 3.18. The lowest BCUT2D eigenvalue weighted by Crippen LogP contribution is -2.34. The Morgan fingerprint density at radius 1 is 1.38 bits per heavy atom. The van der Waals surface area contributed by atoms with Gasteiger partial charge in [-0.25, -0.2) is 0 Å². The van der Waals surface area contributed by atoms with Crippen molar-refractivity contribution in [2.75, 3.05) is 33.4 Å². The molecule has 0 aliphatic carbocycles. The number of rotatable bonds is 7. The summed E-state index contributed by atoms with van der Waals surface area (Å²) in [5.41, 5.74) is 0. The molecule has 1 heterocycles. The number of carbonyl (C=O) groups excluding carboxylic acids is 1. The summed E-state index contributed by atoms with van der Waals surface area (Å²) in [6.45, 7) is 5.54. The third kappa shape index (κ3) is 4.49. The van der Waals surface area contributed by atoms with Crippen LogP contribution in [0.5, 0.6) is 0 Å². The molecule has 2 atom stereocenters. The quantitative estimate of drug-likeness (QED) is 0.633. The first-order chi connectivity index (χ1) is 7.75. The van der Waals surface area contributed by atoms with Crippen LogP contribution in [0.1, 0.15) is 26.2 Å². The lowest BCUT2D eigenvalue weighted by atomic mass is 9.97. The normalized spacial score (nSPS) is 24.6. The second-order valence-corrected chi connectivity index (χ2v) is 4.59. The van der Waals surface area contributed by atoms with Crippen LogP contribution in [-0.2, 0) is 9.53 Å². The highest BCUT2D eigenvalue weighted by molar-refractivity contribution is 5.79. The molecule has 0 spiro atoms. The molecular formula is C12H24N2O2. The van der Waals surface area contributed by atoms with Crippen molar-refractivity contribution in [3.05, 3.63) is 0 Å². The van der Waals surface area contributed by atoms with Gasteiger partial charge in [-0.2, -0.15) is 0 Å². The van der Waals surface area contributed by atoms with Gasteiger partial charge in [0.05, 0.1) is 5.92 Å². The fourth-order valence-electron chi connectivity index (χ4n) is 2.05. The highest BCUT2D eigenvalue weighted by Crippen LogP contribution is 2.15. The predicted octanol–water partition coefficient (Wildman–Crippen LogP) is 0.775. The molecule has 1 aliphatic heterocycles. The van der Waals surface area contributed by atoms with E-state index in [-0.39, 0.29) is 11.8 Å². The number of methoxy groups -OCH3 is 1. The summed E-state index contributed by atoms with van der Waals surface area (Å²) in [7, 11) is 1.72. The molecule has 4 nitrogen and oxygen atoms in total. The van der Waals surface area contributed by atoms with Crippen LogP contribution >= 0.6 is 0 Å². The van der Waals surface area contributed by atoms with E-state index in [0.29, 0.717) is 5.92 Å². The molecule has 94 valence electrons. The zero-order valence-electron chi connectivity index (χ0n) is 10.4. The number of amides is 1. The maximum atomic E-state index is 11.8. The second-order valence-electron chi connectivity index (χ2n) is 4.59. The van der Waals surface area contributed by atoms with Gasteiger partial charge in [-0.15, -0.1) is 0 Å². The largest absolute Gasteiger partial charge is 0.385 e. The van der Waals surface area contributed by atoms with Gasteiger partial charge in [-0.3, -0.25) is 4.79 Å². The summed E-state index contributed by atoms with van der Waals surface area (Å²) < 4.78 is 4.97. The van der Waals surface area contributed by atoms with Gasteiger partial charge in [0.2, 0.25) is 5.91 Å². The Morgan fingerprint density at radius 3 is 2.81 bits per heavy atom. The third-order valence-corrected chi connectivity index (χ3v) is 3.18. The van der Waals surface area contributed by atoms with E-state index in [1.807, 2.05) is 0 Å². The molecule has 0 bridgehead atoms. The molecule has 1 rings (SSSR count). The van der Waals surface area contributed by atoms with Gasteiger partial charge in [0, 0.05) is 26.8 Å². The minimum absolute atomic E-state index is 0.166. The molecule has 4 heteroatoms. The molecule has 0 unspecified atom stereocenters. The summed E-state index contributed by atoms with van der Waals surface area (Å²) in [6.07, 6.45) is 3.24. The summed E-state index contributed by atoms with van der Waals surface area (Å²) in [4.78, 5) is 11.8. The second kappa shape index (κ2) is 7.63. The van der Waals surface area contributed by atoms with Crippen LogP contribution in [-0.4, -0.2) is 39.3 Å². The Kier molecular flexibility index (Phi) is 6.42. The van der Waals surface area contributed by atoms with Gasteiger partial charge < -0.3 is 15.4 Å². The zero-order chi connectivity index (χ0) is 11.8. The average Bonchev–Trinajstić information content (AvgIpc) is 2.69. The lowest BCUT2D eigenvalue weighted by molar-refractivity contribution is -0.125. The van der Waals surface area contributed by atoms with E-state index in [2.05, 4.69) is 17.6 Å². The Bertz CT molecular complexity index is 209. The van der Waals surface area contributed by atoms with Crippen molar-refractivity contribution in [1.29, 1.82) is 0 Å². The van der Waals surface area contributed by atoms with Gasteiger partial charge in [0.1, 0.15) is 0 Å². The number of ether oxygens (including phenoxy) is 1. The van der Waals surface area contributed by atoms with E-state index >= 15 is 0 Å². The fraction of sp³-hybridized carbons (Fsp3) is 0.917. The van der Waals surface area contributed by atoms with Crippen LogP contribution in [0.2, 0.25) is 0 Å². The first kappa shape index (κ1) is 13.5. The van der Waals surface area contributed by atoms with E-state index < -0.39 is 0 Å². The molecule has 0 saturated carbocycles. The number of nitrogens with one attached hydrogen (secondary N) is 2. The molecule has 0 radical (unpaired) electrons. The highest BCUT2D eigenvalue weighted by atomic mass is 16.5. The van der Waals surface area contributed by atoms with E-state index in [4.69, 9.17) is 4.74 Å². The maximum absolute atomic E-state index is 11.8. The van der Waals surface area contributed by atoms with Crippen LogP contribution in [0.4, 0.5) is 0 Å². The van der Waals surface area contributed by atoms with Crippen molar-refractivity contribution in [3.63, 3.8) is 0 Å². The van der Waals surface area contributed by atoms with Crippen molar-refractivity contribution in [2.45, 2.75) is 26.2 Å². The van der Waals surface area contributed by atoms with Crippen molar-refractivity contribution >= 4 is 5.91 Å². The van der Waals surface area contributed by atoms with Gasteiger partial charge in [0.25, 0.3) is 0 Å².